The van der Waals surface area contributed by atoms with Crippen LogP contribution in [0.2, 0.25) is 0 Å². The molecule has 0 atom stereocenters. The fourth-order valence-electron chi connectivity index (χ4n) is 0.420. The van der Waals surface area contributed by atoms with Crippen molar-refractivity contribution in [2.75, 3.05) is 0 Å². The summed E-state index contributed by atoms with van der Waals surface area (Å²) in [5.74, 6) is 0.0718. The van der Waals surface area contributed by atoms with Crippen LogP contribution in [0.5, 0.6) is 5.75 Å². The Morgan fingerprint density at radius 1 is 1.00 bits per heavy atom. The van der Waals surface area contributed by atoms with Gasteiger partial charge in [0.25, 0.3) is 0 Å². The van der Waals surface area contributed by atoms with E-state index in [0.29, 0.717) is 0 Å². The van der Waals surface area contributed by atoms with Crippen molar-refractivity contribution in [1.29, 1.82) is 0 Å². The van der Waals surface area contributed by atoms with E-state index in [4.69, 9.17) is 0 Å². The van der Waals surface area contributed by atoms with E-state index in [-0.39, 0.29) is 55.6 Å². The van der Waals surface area contributed by atoms with Gasteiger partial charge in [0.1, 0.15) is 0 Å². The number of benzene rings is 1. The number of hydrogen-bond donors (Lipinski definition) is 0. The standard InChI is InChI=1S/C6H6O.Fr/c7-6-4-2-1-3-5-6;/h1-5,7H;/q;+1/p-1. The van der Waals surface area contributed by atoms with Crippen LogP contribution in [0, 0.1) is 49.9 Å². The van der Waals surface area contributed by atoms with Crippen molar-refractivity contribution < 1.29 is 55.0 Å². The van der Waals surface area contributed by atoms with Crippen LogP contribution < -0.4 is 5.11 Å². The summed E-state index contributed by atoms with van der Waals surface area (Å²) in [6, 6.07) is 8.33. The summed E-state index contributed by atoms with van der Waals surface area (Å²) >= 11 is 0. The van der Waals surface area contributed by atoms with Crippen molar-refractivity contribution in [3.05, 3.63) is 30.3 Å². The maximum Gasteiger partial charge on any atom is 1.00 e. The molecule has 0 radical (unpaired) electrons. The molecule has 2 heteroatoms. The zero-order valence-corrected chi connectivity index (χ0v) is 13.0. The summed E-state index contributed by atoms with van der Waals surface area (Å²) in [5.41, 5.74) is 0. The monoisotopic (exact) mass is 316 g/mol. The second-order valence-corrected chi connectivity index (χ2v) is 1.31. The molecular weight excluding hydrogens is 311 g/mol. The fourth-order valence-corrected chi connectivity index (χ4v) is 0.420. The molecule has 36 valence electrons. The molecule has 0 aromatic heterocycles. The van der Waals surface area contributed by atoms with E-state index in [0.717, 1.165) is 0 Å². The van der Waals surface area contributed by atoms with Gasteiger partial charge in [0.05, 0.1) is 0 Å². The van der Waals surface area contributed by atoms with E-state index >= 15 is 0 Å². The van der Waals surface area contributed by atoms with Crippen molar-refractivity contribution in [1.82, 2.24) is 0 Å². The summed E-state index contributed by atoms with van der Waals surface area (Å²) < 4.78 is 0. The second kappa shape index (κ2) is 4.49. The van der Waals surface area contributed by atoms with Gasteiger partial charge in [-0.1, -0.05) is 30.3 Å². The number of rotatable bonds is 0. The molecule has 1 rings (SSSR count). The molecule has 0 spiro atoms. The Bertz CT molecular complexity index is 138. The molecule has 1 aromatic carbocycles. The SMILES string of the molecule is [Fr+].[O-]c1ccccc1. The van der Waals surface area contributed by atoms with Gasteiger partial charge in [-0.2, -0.15) is 0 Å². The van der Waals surface area contributed by atoms with Gasteiger partial charge in [-0.25, -0.2) is 0 Å². The van der Waals surface area contributed by atoms with E-state index in [1.807, 2.05) is 6.07 Å². The molecule has 0 heterocycles. The van der Waals surface area contributed by atoms with Crippen LogP contribution in [0.1, 0.15) is 0 Å². The normalized spacial score (nSPS) is 7.50. The van der Waals surface area contributed by atoms with Crippen molar-refractivity contribution in [2.24, 2.45) is 0 Å². The van der Waals surface area contributed by atoms with E-state index in [2.05, 4.69) is 0 Å². The Labute approximate surface area is 89.7 Å². The van der Waals surface area contributed by atoms with Crippen LogP contribution in [-0.4, -0.2) is 0 Å². The topological polar surface area (TPSA) is 23.1 Å². The molecule has 0 unspecified atom stereocenters. The Morgan fingerprint density at radius 3 is 1.75 bits per heavy atom. The zero-order valence-electron chi connectivity index (χ0n) is 4.79. The third kappa shape index (κ3) is 2.81. The minimum absolute atomic E-state index is 0. The molecule has 0 bridgehead atoms. The minimum atomic E-state index is 0. The van der Waals surface area contributed by atoms with Crippen LogP contribution in [0.4, 0.5) is 0 Å². The smallest absolute Gasteiger partial charge is 0.872 e. The molecule has 0 aliphatic rings. The Kier molecular flexibility index (Phi) is 4.84. The molecule has 0 amide bonds. The van der Waals surface area contributed by atoms with Gasteiger partial charge >= 0.3 is 49.9 Å². The molecule has 0 saturated heterocycles. The molecule has 0 fully saturated rings. The molecule has 1 nitrogen and oxygen atoms in total. The zero-order chi connectivity index (χ0) is 5.11. The van der Waals surface area contributed by atoms with Crippen LogP contribution in [0.3, 0.4) is 0 Å². The first-order chi connectivity index (χ1) is 3.39. The molecule has 0 aliphatic heterocycles. The van der Waals surface area contributed by atoms with E-state index in [1.54, 1.807) is 12.1 Å². The summed E-state index contributed by atoms with van der Waals surface area (Å²) in [5, 5.41) is 10.3. The quantitative estimate of drug-likeness (QED) is 0.693. The minimum Gasteiger partial charge on any atom is -0.872 e. The third-order valence-corrected chi connectivity index (χ3v) is 0.743. The summed E-state index contributed by atoms with van der Waals surface area (Å²) in [6.45, 7) is 0. The average molecular weight is 316 g/mol. The molecule has 0 saturated carbocycles. The maximum atomic E-state index is 10.3. The predicted molar refractivity (Wildman–Crippen MR) is 25.9 cm³/mol. The average Bonchev–Trinajstić information content (AvgIpc) is 1.69. The van der Waals surface area contributed by atoms with Gasteiger partial charge in [-0.05, 0) is 0 Å². The molecule has 0 N–H and O–H groups in total. The van der Waals surface area contributed by atoms with Gasteiger partial charge in [0.15, 0.2) is 0 Å². The van der Waals surface area contributed by atoms with Crippen LogP contribution in [0.15, 0.2) is 30.3 Å². The van der Waals surface area contributed by atoms with Crippen molar-refractivity contribution in [2.45, 2.75) is 0 Å². The summed E-state index contributed by atoms with van der Waals surface area (Å²) in [7, 11) is 0. The molecule has 0 aliphatic carbocycles. The van der Waals surface area contributed by atoms with Gasteiger partial charge in [0, 0.05) is 0 Å². The van der Waals surface area contributed by atoms with Gasteiger partial charge < -0.3 is 5.11 Å². The Morgan fingerprint density at radius 2 is 1.50 bits per heavy atom. The van der Waals surface area contributed by atoms with Crippen molar-refractivity contribution in [3.8, 4) is 5.75 Å². The molecule has 1 aromatic rings. The van der Waals surface area contributed by atoms with Crippen LogP contribution >= 0.6 is 0 Å². The maximum absolute atomic E-state index is 10.3. The second-order valence-electron chi connectivity index (χ2n) is 1.31. The summed E-state index contributed by atoms with van der Waals surface area (Å²) in [4.78, 5) is 0. The van der Waals surface area contributed by atoms with Gasteiger partial charge in [-0.3, -0.25) is 0 Å². The fraction of sp³-hybridized carbons (Fsp3) is 0. The molecular formula is C6H5FrO. The van der Waals surface area contributed by atoms with E-state index < -0.39 is 0 Å². The Balaban J connectivity index is 0.000000490. The van der Waals surface area contributed by atoms with E-state index in [1.165, 1.54) is 12.1 Å². The predicted octanol–water partition coefficient (Wildman–Crippen LogP) is 0.760. The largest absolute Gasteiger partial charge is 1.00 e. The van der Waals surface area contributed by atoms with Crippen LogP contribution in [-0.2, 0) is 0 Å². The van der Waals surface area contributed by atoms with Crippen molar-refractivity contribution in [3.63, 3.8) is 0 Å². The van der Waals surface area contributed by atoms with Crippen LogP contribution in [0.25, 0.3) is 0 Å². The third-order valence-electron chi connectivity index (χ3n) is 0.743. The van der Waals surface area contributed by atoms with E-state index in [9.17, 15) is 5.11 Å². The molecule has 8 heavy (non-hydrogen) atoms. The van der Waals surface area contributed by atoms with Gasteiger partial charge in [-0.15, -0.1) is 5.75 Å². The number of hydrogen-bond acceptors (Lipinski definition) is 1. The van der Waals surface area contributed by atoms with Crippen molar-refractivity contribution >= 4 is 0 Å². The number of para-hydroxylation sites is 1. The first-order valence-corrected chi connectivity index (χ1v) is 2.11. The first-order valence-electron chi connectivity index (χ1n) is 2.11. The Hall–Kier alpha value is 0.617. The van der Waals surface area contributed by atoms with Gasteiger partial charge in [0.2, 0.25) is 0 Å². The summed E-state index contributed by atoms with van der Waals surface area (Å²) in [6.07, 6.45) is 0. The first kappa shape index (κ1) is 8.62.